The van der Waals surface area contributed by atoms with E-state index in [1.807, 2.05) is 7.05 Å². The summed E-state index contributed by atoms with van der Waals surface area (Å²) in [5, 5.41) is 7.46. The topological polar surface area (TPSA) is 55.9 Å². The second-order valence-corrected chi connectivity index (χ2v) is 4.02. The molecular weight excluding hydrogens is 184 g/mol. The van der Waals surface area contributed by atoms with Crippen LogP contribution >= 0.6 is 11.8 Å². The van der Waals surface area contributed by atoms with Gasteiger partial charge in [0.05, 0.1) is 5.69 Å². The summed E-state index contributed by atoms with van der Waals surface area (Å²) in [5.41, 5.74) is 6.44. The van der Waals surface area contributed by atoms with Crippen LogP contribution in [0.25, 0.3) is 0 Å². The van der Waals surface area contributed by atoms with Crippen molar-refractivity contribution in [2.24, 2.45) is 7.05 Å². The van der Waals surface area contributed by atoms with Gasteiger partial charge >= 0.3 is 0 Å². The largest absolute Gasteiger partial charge is 0.394 e. The van der Waals surface area contributed by atoms with Crippen LogP contribution in [0.15, 0.2) is 6.20 Å². The Bertz CT molecular complexity index is 271. The molecule has 0 aromatic carbocycles. The number of nitrogens with one attached hydrogen (secondary N) is 1. The smallest absolute Gasteiger partial charge is 0.171 e. The molecule has 1 rings (SSSR count). The van der Waals surface area contributed by atoms with Crippen molar-refractivity contribution in [2.45, 2.75) is 13.0 Å². The molecule has 1 aromatic rings. The maximum absolute atomic E-state index is 5.73. The molecule has 74 valence electrons. The molecule has 0 amide bonds. The second kappa shape index (κ2) is 4.41. The summed E-state index contributed by atoms with van der Waals surface area (Å²) in [5.74, 6) is 1.83. The predicted molar refractivity (Wildman–Crippen MR) is 59.1 cm³/mol. The first-order valence-corrected chi connectivity index (χ1v) is 5.57. The number of anilines is 2. The molecule has 0 aliphatic rings. The van der Waals surface area contributed by atoms with E-state index in [-0.39, 0.29) is 0 Å². The summed E-state index contributed by atoms with van der Waals surface area (Å²) < 4.78 is 1.71. The lowest BCUT2D eigenvalue weighted by Crippen LogP contribution is -2.18. The first-order chi connectivity index (χ1) is 6.13. The molecule has 1 heterocycles. The van der Waals surface area contributed by atoms with Gasteiger partial charge in [0, 0.05) is 25.0 Å². The number of nitrogens with two attached hydrogens (primary N) is 1. The Morgan fingerprint density at radius 1 is 1.77 bits per heavy atom. The summed E-state index contributed by atoms with van der Waals surface area (Å²) >= 11 is 1.80. The lowest BCUT2D eigenvalue weighted by molar-refractivity contribution is 0.763. The van der Waals surface area contributed by atoms with Crippen molar-refractivity contribution in [3.8, 4) is 0 Å². The number of rotatable bonds is 4. The fourth-order valence-corrected chi connectivity index (χ4v) is 1.73. The highest BCUT2D eigenvalue weighted by Crippen LogP contribution is 2.15. The Morgan fingerprint density at radius 3 is 2.92 bits per heavy atom. The zero-order valence-corrected chi connectivity index (χ0v) is 9.06. The standard InChI is InChI=1S/C8H16N4S/c1-6(5-13-3)10-8-7(9)4-12(2)11-8/h4,6H,5,9H2,1-3H3,(H,10,11). The molecule has 4 nitrogen and oxygen atoms in total. The molecule has 0 bridgehead atoms. The first kappa shape index (κ1) is 10.2. The van der Waals surface area contributed by atoms with Crippen molar-refractivity contribution < 1.29 is 0 Å². The van der Waals surface area contributed by atoms with Crippen molar-refractivity contribution in [3.05, 3.63) is 6.20 Å². The minimum absolute atomic E-state index is 0.396. The van der Waals surface area contributed by atoms with Gasteiger partial charge in [-0.15, -0.1) is 0 Å². The Kier molecular flexibility index (Phi) is 3.48. The maximum Gasteiger partial charge on any atom is 0.171 e. The minimum Gasteiger partial charge on any atom is -0.394 e. The van der Waals surface area contributed by atoms with Crippen molar-refractivity contribution in [2.75, 3.05) is 23.1 Å². The van der Waals surface area contributed by atoms with Crippen LogP contribution in [0.2, 0.25) is 0 Å². The van der Waals surface area contributed by atoms with E-state index < -0.39 is 0 Å². The fraction of sp³-hybridized carbons (Fsp3) is 0.625. The fourth-order valence-electron chi connectivity index (χ4n) is 1.14. The zero-order valence-electron chi connectivity index (χ0n) is 8.24. The van der Waals surface area contributed by atoms with Gasteiger partial charge in [-0.3, -0.25) is 4.68 Å². The highest BCUT2D eigenvalue weighted by atomic mass is 32.2. The minimum atomic E-state index is 0.396. The molecule has 0 spiro atoms. The maximum atomic E-state index is 5.73. The molecule has 0 fully saturated rings. The van der Waals surface area contributed by atoms with Gasteiger partial charge in [0.25, 0.3) is 0 Å². The highest BCUT2D eigenvalue weighted by Gasteiger charge is 2.06. The van der Waals surface area contributed by atoms with Gasteiger partial charge in [-0.25, -0.2) is 0 Å². The average Bonchev–Trinajstić information content (AvgIpc) is 2.30. The van der Waals surface area contributed by atoms with E-state index in [0.29, 0.717) is 11.7 Å². The van der Waals surface area contributed by atoms with Crippen LogP contribution in [0.4, 0.5) is 11.5 Å². The number of aryl methyl sites for hydroxylation is 1. The molecule has 0 aliphatic heterocycles. The molecule has 1 unspecified atom stereocenters. The van der Waals surface area contributed by atoms with E-state index in [9.17, 15) is 0 Å². The van der Waals surface area contributed by atoms with Crippen LogP contribution in [-0.2, 0) is 7.05 Å². The lowest BCUT2D eigenvalue weighted by Gasteiger charge is -2.11. The van der Waals surface area contributed by atoms with E-state index in [1.165, 1.54) is 0 Å². The first-order valence-electron chi connectivity index (χ1n) is 4.18. The highest BCUT2D eigenvalue weighted by molar-refractivity contribution is 7.98. The second-order valence-electron chi connectivity index (χ2n) is 3.11. The molecule has 13 heavy (non-hydrogen) atoms. The molecule has 0 aliphatic carbocycles. The van der Waals surface area contributed by atoms with E-state index in [2.05, 4.69) is 23.6 Å². The van der Waals surface area contributed by atoms with Crippen molar-refractivity contribution in [3.63, 3.8) is 0 Å². The van der Waals surface area contributed by atoms with E-state index >= 15 is 0 Å². The molecule has 0 saturated heterocycles. The molecule has 5 heteroatoms. The normalized spacial score (nSPS) is 12.8. The van der Waals surface area contributed by atoms with Gasteiger partial charge in [-0.2, -0.15) is 16.9 Å². The Labute approximate surface area is 82.9 Å². The van der Waals surface area contributed by atoms with Crippen molar-refractivity contribution in [1.82, 2.24) is 9.78 Å². The SMILES string of the molecule is CSCC(C)Nc1nn(C)cc1N. The summed E-state index contributed by atoms with van der Waals surface area (Å²) in [4.78, 5) is 0. The van der Waals surface area contributed by atoms with Crippen LogP contribution in [0.5, 0.6) is 0 Å². The van der Waals surface area contributed by atoms with Gasteiger partial charge in [0.2, 0.25) is 0 Å². The van der Waals surface area contributed by atoms with Gasteiger partial charge in [-0.1, -0.05) is 0 Å². The monoisotopic (exact) mass is 200 g/mol. The molecule has 0 saturated carbocycles. The Hall–Kier alpha value is -0.840. The van der Waals surface area contributed by atoms with Crippen molar-refractivity contribution >= 4 is 23.3 Å². The third kappa shape index (κ3) is 2.84. The van der Waals surface area contributed by atoms with Crippen molar-refractivity contribution in [1.29, 1.82) is 0 Å². The van der Waals surface area contributed by atoms with E-state index in [0.717, 1.165) is 11.6 Å². The third-order valence-electron chi connectivity index (χ3n) is 1.66. The Balaban J connectivity index is 2.57. The van der Waals surface area contributed by atoms with Crippen LogP contribution in [-0.4, -0.2) is 27.8 Å². The molecule has 1 aromatic heterocycles. The number of hydrogen-bond acceptors (Lipinski definition) is 4. The number of thioether (sulfide) groups is 1. The summed E-state index contributed by atoms with van der Waals surface area (Å²) in [6, 6.07) is 0.396. The zero-order chi connectivity index (χ0) is 9.84. The number of hydrogen-bond donors (Lipinski definition) is 2. The van der Waals surface area contributed by atoms with E-state index in [4.69, 9.17) is 5.73 Å². The summed E-state index contributed by atoms with van der Waals surface area (Å²) in [7, 11) is 1.86. The lowest BCUT2D eigenvalue weighted by atomic mass is 10.4. The molecule has 1 atom stereocenters. The summed E-state index contributed by atoms with van der Waals surface area (Å²) in [6.45, 7) is 2.12. The average molecular weight is 200 g/mol. The molecule has 3 N–H and O–H groups in total. The van der Waals surface area contributed by atoms with Gasteiger partial charge in [0.15, 0.2) is 5.82 Å². The number of nitrogen functional groups attached to an aromatic ring is 1. The van der Waals surface area contributed by atoms with Crippen LogP contribution in [0, 0.1) is 0 Å². The quantitative estimate of drug-likeness (QED) is 0.766. The van der Waals surface area contributed by atoms with Gasteiger partial charge in [-0.05, 0) is 13.2 Å². The van der Waals surface area contributed by atoms with Gasteiger partial charge < -0.3 is 11.1 Å². The molecule has 0 radical (unpaired) electrons. The molecular formula is C8H16N4S. The number of aromatic nitrogens is 2. The Morgan fingerprint density at radius 2 is 2.46 bits per heavy atom. The van der Waals surface area contributed by atoms with Crippen LogP contribution in [0.1, 0.15) is 6.92 Å². The van der Waals surface area contributed by atoms with Crippen LogP contribution in [0.3, 0.4) is 0 Å². The van der Waals surface area contributed by atoms with Crippen LogP contribution < -0.4 is 11.1 Å². The predicted octanol–water partition coefficient (Wildman–Crippen LogP) is 1.17. The van der Waals surface area contributed by atoms with E-state index in [1.54, 1.807) is 22.6 Å². The van der Waals surface area contributed by atoms with Gasteiger partial charge in [0.1, 0.15) is 0 Å². The third-order valence-corrected chi connectivity index (χ3v) is 2.49. The number of nitrogens with zero attached hydrogens (tertiary/aromatic N) is 2. The summed E-state index contributed by atoms with van der Waals surface area (Å²) in [6.07, 6.45) is 3.88.